The number of carbonyl (C=O) groups is 1. The number of nitrogens with one attached hydrogen (secondary N) is 1. The fourth-order valence-corrected chi connectivity index (χ4v) is 5.03. The SMILES string of the molecule is O=C(O)CCNCc1ccc2cc(O[C@H]3CC[C@H](C4CCCC4)CC3)ccc2n1. The van der Waals surface area contributed by atoms with Gasteiger partial charge in [0, 0.05) is 18.5 Å². The van der Waals surface area contributed by atoms with E-state index in [-0.39, 0.29) is 6.42 Å². The molecule has 0 aliphatic heterocycles. The van der Waals surface area contributed by atoms with Gasteiger partial charge in [-0.05, 0) is 61.8 Å². The van der Waals surface area contributed by atoms with Crippen molar-refractivity contribution in [3.05, 3.63) is 36.0 Å². The molecule has 0 spiro atoms. The van der Waals surface area contributed by atoms with Gasteiger partial charge in [0.1, 0.15) is 5.75 Å². The molecule has 1 aromatic carbocycles. The van der Waals surface area contributed by atoms with Gasteiger partial charge in [0.05, 0.1) is 23.7 Å². The summed E-state index contributed by atoms with van der Waals surface area (Å²) in [6.07, 6.45) is 11.2. The van der Waals surface area contributed by atoms with E-state index in [2.05, 4.69) is 22.4 Å². The average Bonchev–Trinajstić information content (AvgIpc) is 3.26. The second-order valence-electron chi connectivity index (χ2n) is 8.68. The Morgan fingerprint density at radius 2 is 1.79 bits per heavy atom. The third-order valence-corrected chi connectivity index (χ3v) is 6.63. The van der Waals surface area contributed by atoms with Gasteiger partial charge in [-0.2, -0.15) is 0 Å². The normalized spacial score (nSPS) is 22.8. The van der Waals surface area contributed by atoms with Crippen molar-refractivity contribution in [2.75, 3.05) is 6.54 Å². The summed E-state index contributed by atoms with van der Waals surface area (Å²) in [6.45, 7) is 1.02. The first-order valence-corrected chi connectivity index (χ1v) is 11.2. The Morgan fingerprint density at radius 3 is 2.55 bits per heavy atom. The van der Waals surface area contributed by atoms with Crippen LogP contribution in [0.15, 0.2) is 30.3 Å². The molecule has 1 heterocycles. The molecule has 2 saturated carbocycles. The first kappa shape index (κ1) is 20.1. The Hall–Kier alpha value is -2.14. The van der Waals surface area contributed by atoms with Crippen molar-refractivity contribution in [2.24, 2.45) is 11.8 Å². The smallest absolute Gasteiger partial charge is 0.304 e. The summed E-state index contributed by atoms with van der Waals surface area (Å²) in [5.74, 6) is 2.07. The van der Waals surface area contributed by atoms with E-state index < -0.39 is 5.97 Å². The molecular formula is C24H32N2O3. The van der Waals surface area contributed by atoms with Crippen LogP contribution in [-0.4, -0.2) is 28.7 Å². The van der Waals surface area contributed by atoms with E-state index in [1.54, 1.807) is 0 Å². The molecule has 5 nitrogen and oxygen atoms in total. The number of hydrogen-bond donors (Lipinski definition) is 2. The highest BCUT2D eigenvalue weighted by Crippen LogP contribution is 2.40. The minimum Gasteiger partial charge on any atom is -0.490 e. The third-order valence-electron chi connectivity index (χ3n) is 6.63. The minimum absolute atomic E-state index is 0.122. The standard InChI is InChI=1S/C24H32N2O3/c27-24(28)13-14-25-16-20-8-5-19-15-22(11-12-23(19)26-20)29-21-9-6-18(7-10-21)17-3-1-2-4-17/h5,8,11-12,15,17-18,21,25H,1-4,6-7,9-10,13-14,16H2,(H,27,28)/t18-,21-. The molecular weight excluding hydrogens is 364 g/mol. The van der Waals surface area contributed by atoms with Crippen LogP contribution >= 0.6 is 0 Å². The quantitative estimate of drug-likeness (QED) is 0.619. The fraction of sp³-hybridized carbons (Fsp3) is 0.583. The van der Waals surface area contributed by atoms with Crippen LogP contribution in [0.3, 0.4) is 0 Å². The van der Waals surface area contributed by atoms with Crippen molar-refractivity contribution in [3.63, 3.8) is 0 Å². The van der Waals surface area contributed by atoms with E-state index in [1.807, 2.05) is 18.2 Å². The summed E-state index contributed by atoms with van der Waals surface area (Å²) in [6, 6.07) is 10.2. The summed E-state index contributed by atoms with van der Waals surface area (Å²) in [5, 5.41) is 12.9. The number of carboxylic acid groups (broad SMARTS) is 1. The highest BCUT2D eigenvalue weighted by molar-refractivity contribution is 5.80. The van der Waals surface area contributed by atoms with Crippen LogP contribution in [0, 0.1) is 11.8 Å². The number of fused-ring (bicyclic) bond motifs is 1. The van der Waals surface area contributed by atoms with Crippen molar-refractivity contribution in [1.29, 1.82) is 0 Å². The first-order chi connectivity index (χ1) is 14.2. The molecule has 2 aromatic rings. The van der Waals surface area contributed by atoms with Gasteiger partial charge in [0.15, 0.2) is 0 Å². The molecule has 2 N–H and O–H groups in total. The molecule has 4 rings (SSSR count). The average molecular weight is 397 g/mol. The van der Waals surface area contributed by atoms with Crippen molar-refractivity contribution in [1.82, 2.24) is 10.3 Å². The molecule has 0 amide bonds. The highest BCUT2D eigenvalue weighted by atomic mass is 16.5. The number of rotatable bonds is 8. The molecule has 2 aliphatic rings. The van der Waals surface area contributed by atoms with E-state index in [0.717, 1.165) is 34.2 Å². The van der Waals surface area contributed by atoms with E-state index >= 15 is 0 Å². The Morgan fingerprint density at radius 1 is 1.03 bits per heavy atom. The number of aliphatic carboxylic acids is 1. The lowest BCUT2D eigenvalue weighted by molar-refractivity contribution is -0.136. The second-order valence-corrected chi connectivity index (χ2v) is 8.68. The van der Waals surface area contributed by atoms with E-state index in [1.165, 1.54) is 51.4 Å². The Labute approximate surface area is 172 Å². The summed E-state index contributed by atoms with van der Waals surface area (Å²) >= 11 is 0. The van der Waals surface area contributed by atoms with Crippen LogP contribution in [0.1, 0.15) is 63.5 Å². The summed E-state index contributed by atoms with van der Waals surface area (Å²) < 4.78 is 6.31. The fourth-order valence-electron chi connectivity index (χ4n) is 5.03. The molecule has 2 aliphatic carbocycles. The van der Waals surface area contributed by atoms with Crippen LogP contribution in [0.5, 0.6) is 5.75 Å². The predicted molar refractivity (Wildman–Crippen MR) is 114 cm³/mol. The van der Waals surface area contributed by atoms with E-state index in [9.17, 15) is 4.79 Å². The minimum atomic E-state index is -0.788. The molecule has 0 radical (unpaired) electrons. The Kier molecular flexibility index (Phi) is 6.65. The molecule has 1 aromatic heterocycles. The lowest BCUT2D eigenvalue weighted by Gasteiger charge is -2.32. The summed E-state index contributed by atoms with van der Waals surface area (Å²) in [4.78, 5) is 15.2. The zero-order valence-electron chi connectivity index (χ0n) is 17.1. The highest BCUT2D eigenvalue weighted by Gasteiger charge is 2.30. The maximum absolute atomic E-state index is 10.6. The van der Waals surface area contributed by atoms with Crippen LogP contribution in [-0.2, 0) is 11.3 Å². The van der Waals surface area contributed by atoms with E-state index in [4.69, 9.17) is 9.84 Å². The molecule has 0 saturated heterocycles. The second kappa shape index (κ2) is 9.57. The topological polar surface area (TPSA) is 71.5 Å². The molecule has 0 atom stereocenters. The maximum Gasteiger partial charge on any atom is 0.304 e. The van der Waals surface area contributed by atoms with Gasteiger partial charge < -0.3 is 15.2 Å². The summed E-state index contributed by atoms with van der Waals surface area (Å²) in [7, 11) is 0. The number of aromatic nitrogens is 1. The lowest BCUT2D eigenvalue weighted by atomic mass is 9.78. The lowest BCUT2D eigenvalue weighted by Crippen LogP contribution is -2.27. The van der Waals surface area contributed by atoms with Crippen molar-refractivity contribution < 1.29 is 14.6 Å². The van der Waals surface area contributed by atoms with Gasteiger partial charge in [-0.15, -0.1) is 0 Å². The molecule has 29 heavy (non-hydrogen) atoms. The van der Waals surface area contributed by atoms with Gasteiger partial charge in [-0.3, -0.25) is 9.78 Å². The zero-order valence-corrected chi connectivity index (χ0v) is 17.1. The number of ether oxygens (including phenoxy) is 1. The van der Waals surface area contributed by atoms with Gasteiger partial charge in [0.25, 0.3) is 0 Å². The van der Waals surface area contributed by atoms with Gasteiger partial charge in [-0.25, -0.2) is 0 Å². The maximum atomic E-state index is 10.6. The summed E-state index contributed by atoms with van der Waals surface area (Å²) in [5.41, 5.74) is 1.86. The molecule has 0 bridgehead atoms. The number of nitrogens with zero attached hydrogens (tertiary/aromatic N) is 1. The van der Waals surface area contributed by atoms with Crippen LogP contribution in [0.25, 0.3) is 10.9 Å². The van der Waals surface area contributed by atoms with Gasteiger partial charge >= 0.3 is 5.97 Å². The van der Waals surface area contributed by atoms with Crippen molar-refractivity contribution in [2.45, 2.75) is 70.4 Å². The molecule has 2 fully saturated rings. The first-order valence-electron chi connectivity index (χ1n) is 11.2. The Balaban J connectivity index is 1.29. The molecule has 5 heteroatoms. The van der Waals surface area contributed by atoms with E-state index in [0.29, 0.717) is 19.2 Å². The number of carboxylic acids is 1. The zero-order chi connectivity index (χ0) is 20.1. The van der Waals surface area contributed by atoms with Crippen LogP contribution in [0.2, 0.25) is 0 Å². The number of benzene rings is 1. The van der Waals surface area contributed by atoms with Crippen LogP contribution in [0.4, 0.5) is 0 Å². The Bertz CT molecular complexity index is 824. The van der Waals surface area contributed by atoms with Crippen molar-refractivity contribution in [3.8, 4) is 5.75 Å². The number of pyridine rings is 1. The molecule has 156 valence electrons. The third kappa shape index (κ3) is 5.47. The van der Waals surface area contributed by atoms with Crippen LogP contribution < -0.4 is 10.1 Å². The number of hydrogen-bond acceptors (Lipinski definition) is 4. The largest absolute Gasteiger partial charge is 0.490 e. The predicted octanol–water partition coefficient (Wildman–Crippen LogP) is 4.93. The van der Waals surface area contributed by atoms with Crippen molar-refractivity contribution >= 4 is 16.9 Å². The van der Waals surface area contributed by atoms with Gasteiger partial charge in [-0.1, -0.05) is 31.7 Å². The monoisotopic (exact) mass is 396 g/mol. The molecule has 0 unspecified atom stereocenters. The van der Waals surface area contributed by atoms with Gasteiger partial charge in [0.2, 0.25) is 0 Å².